The molecule has 4 rings (SSSR count). The topological polar surface area (TPSA) is 71.4 Å². The van der Waals surface area contributed by atoms with Crippen molar-refractivity contribution in [1.82, 2.24) is 9.91 Å². The maximum absolute atomic E-state index is 13.4. The highest BCUT2D eigenvalue weighted by atomic mass is 16.5. The maximum Gasteiger partial charge on any atom is 0.247 e. The molecule has 1 aliphatic carbocycles. The van der Waals surface area contributed by atoms with Gasteiger partial charge in [-0.25, -0.2) is 5.01 Å². The summed E-state index contributed by atoms with van der Waals surface area (Å²) in [5.41, 5.74) is 1.91. The van der Waals surface area contributed by atoms with Crippen LogP contribution < -0.4 is 9.47 Å². The zero-order chi connectivity index (χ0) is 22.7. The van der Waals surface area contributed by atoms with Gasteiger partial charge in [-0.05, 0) is 57.7 Å². The van der Waals surface area contributed by atoms with E-state index in [9.17, 15) is 9.59 Å². The van der Waals surface area contributed by atoms with Gasteiger partial charge < -0.3 is 14.4 Å². The fraction of sp³-hybridized carbons (Fsp3) is 0.560. The van der Waals surface area contributed by atoms with Gasteiger partial charge in [-0.3, -0.25) is 9.59 Å². The predicted octanol–water partition coefficient (Wildman–Crippen LogP) is 3.62. The Balaban J connectivity index is 1.68. The van der Waals surface area contributed by atoms with E-state index in [1.165, 1.54) is 0 Å². The summed E-state index contributed by atoms with van der Waals surface area (Å²) in [4.78, 5) is 27.0. The van der Waals surface area contributed by atoms with Crippen LogP contribution in [0.25, 0.3) is 0 Å². The Morgan fingerprint density at radius 2 is 1.69 bits per heavy atom. The first kappa shape index (κ1) is 22.4. The lowest BCUT2D eigenvalue weighted by atomic mass is 9.76. The number of amides is 2. The van der Waals surface area contributed by atoms with Crippen LogP contribution in [-0.4, -0.2) is 59.8 Å². The molecule has 0 radical (unpaired) electrons. The second-order valence-electron chi connectivity index (χ2n) is 8.59. The van der Waals surface area contributed by atoms with Gasteiger partial charge in [-0.2, -0.15) is 5.10 Å². The number of piperidine rings is 1. The molecule has 0 bridgehead atoms. The van der Waals surface area contributed by atoms with Gasteiger partial charge in [0.25, 0.3) is 0 Å². The number of allylic oxidation sites excluding steroid dienone is 2. The molecule has 1 fully saturated rings. The monoisotopic (exact) mass is 439 g/mol. The number of rotatable bonds is 6. The van der Waals surface area contributed by atoms with E-state index in [-0.39, 0.29) is 29.7 Å². The largest absolute Gasteiger partial charge is 0.490 e. The number of benzene rings is 1. The van der Waals surface area contributed by atoms with Gasteiger partial charge in [-0.1, -0.05) is 12.2 Å². The third kappa shape index (κ3) is 4.38. The summed E-state index contributed by atoms with van der Waals surface area (Å²) in [5.74, 6) is 1.59. The van der Waals surface area contributed by atoms with Gasteiger partial charge in [0.05, 0.1) is 30.9 Å². The van der Waals surface area contributed by atoms with Crippen LogP contribution in [0.3, 0.4) is 0 Å². The Bertz CT molecular complexity index is 918. The first-order valence-corrected chi connectivity index (χ1v) is 11.8. The molecule has 2 atom stereocenters. The smallest absolute Gasteiger partial charge is 0.247 e. The highest BCUT2D eigenvalue weighted by Crippen LogP contribution is 2.38. The van der Waals surface area contributed by atoms with Gasteiger partial charge in [0.2, 0.25) is 11.8 Å². The van der Waals surface area contributed by atoms with Crippen LogP contribution in [0, 0.1) is 11.8 Å². The van der Waals surface area contributed by atoms with Gasteiger partial charge in [0.1, 0.15) is 0 Å². The van der Waals surface area contributed by atoms with Gasteiger partial charge in [-0.15, -0.1) is 0 Å². The van der Waals surface area contributed by atoms with E-state index in [0.717, 1.165) is 42.7 Å². The molecule has 7 nitrogen and oxygen atoms in total. The summed E-state index contributed by atoms with van der Waals surface area (Å²) in [6.45, 7) is 7.95. The molecule has 0 aromatic heterocycles. The van der Waals surface area contributed by atoms with Crippen LogP contribution in [0.2, 0.25) is 0 Å². The Hall–Kier alpha value is -2.83. The lowest BCUT2D eigenvalue weighted by Crippen LogP contribution is -2.52. The minimum Gasteiger partial charge on any atom is -0.490 e. The predicted molar refractivity (Wildman–Crippen MR) is 123 cm³/mol. The summed E-state index contributed by atoms with van der Waals surface area (Å²) < 4.78 is 11.6. The van der Waals surface area contributed by atoms with Crippen LogP contribution in [-0.2, 0) is 9.59 Å². The van der Waals surface area contributed by atoms with E-state index in [0.29, 0.717) is 32.1 Å². The summed E-state index contributed by atoms with van der Waals surface area (Å²) in [5, 5.41) is 6.68. The molecule has 1 aromatic rings. The minimum atomic E-state index is -0.0968. The molecule has 2 heterocycles. The Kier molecular flexibility index (Phi) is 6.82. The van der Waals surface area contributed by atoms with E-state index in [1.54, 1.807) is 11.9 Å². The van der Waals surface area contributed by atoms with Crippen LogP contribution in [0.4, 0.5) is 0 Å². The van der Waals surface area contributed by atoms with Crippen molar-refractivity contribution in [2.45, 2.75) is 52.5 Å². The highest BCUT2D eigenvalue weighted by Gasteiger charge is 2.43. The molecular weight excluding hydrogens is 406 g/mol. The van der Waals surface area contributed by atoms with Crippen molar-refractivity contribution in [3.05, 3.63) is 35.9 Å². The van der Waals surface area contributed by atoms with Crippen molar-refractivity contribution < 1.29 is 19.1 Å². The third-order valence-electron chi connectivity index (χ3n) is 6.64. The molecule has 32 heavy (non-hydrogen) atoms. The van der Waals surface area contributed by atoms with Gasteiger partial charge in [0.15, 0.2) is 11.5 Å². The van der Waals surface area contributed by atoms with Crippen LogP contribution >= 0.6 is 0 Å². The molecule has 3 aliphatic rings. The number of likely N-dealkylation sites (tertiary alicyclic amines) is 1. The lowest BCUT2D eigenvalue weighted by molar-refractivity contribution is -0.142. The summed E-state index contributed by atoms with van der Waals surface area (Å²) >= 11 is 0. The van der Waals surface area contributed by atoms with Crippen molar-refractivity contribution in [3.63, 3.8) is 0 Å². The number of fused-ring (bicyclic) bond motifs is 1. The zero-order valence-electron chi connectivity index (χ0n) is 19.3. The number of hydrogen-bond donors (Lipinski definition) is 0. The Morgan fingerprint density at radius 1 is 1.03 bits per heavy atom. The number of carbonyl (C=O) groups excluding carboxylic acids is 2. The minimum absolute atomic E-state index is 0.0222. The van der Waals surface area contributed by atoms with E-state index >= 15 is 0 Å². The normalized spacial score (nSPS) is 23.6. The van der Waals surface area contributed by atoms with E-state index in [1.807, 2.05) is 36.9 Å². The molecule has 2 unspecified atom stereocenters. The third-order valence-corrected chi connectivity index (χ3v) is 6.64. The average Bonchev–Trinajstić information content (AvgIpc) is 2.81. The molecular formula is C25H33N3O4. The number of carbonyl (C=O) groups is 2. The van der Waals surface area contributed by atoms with Crippen LogP contribution in [0.5, 0.6) is 11.5 Å². The molecule has 0 N–H and O–H groups in total. The summed E-state index contributed by atoms with van der Waals surface area (Å²) in [6, 6.07) is 5.98. The Morgan fingerprint density at radius 3 is 2.34 bits per heavy atom. The average molecular weight is 440 g/mol. The summed E-state index contributed by atoms with van der Waals surface area (Å²) in [7, 11) is 0. The molecule has 0 spiro atoms. The summed E-state index contributed by atoms with van der Waals surface area (Å²) in [6.07, 6.45) is 7.32. The standard InChI is InChI=1S/C25H33N3O4/c1-4-31-22-11-10-18(16-23(22)32-5-2)24-20-8-6-7-9-21(20)25(30)28(26-24)19-12-14-27(15-13-19)17(3)29/h6-7,10-11,16,19-21H,4-5,8-9,12-15H2,1-3H3. The molecule has 1 saturated heterocycles. The van der Waals surface area contributed by atoms with E-state index in [4.69, 9.17) is 14.6 Å². The number of hydrazone groups is 1. The molecule has 172 valence electrons. The first-order valence-electron chi connectivity index (χ1n) is 11.8. The number of hydrogen-bond acceptors (Lipinski definition) is 5. The van der Waals surface area contributed by atoms with Crippen molar-refractivity contribution in [2.24, 2.45) is 16.9 Å². The van der Waals surface area contributed by atoms with Crippen LogP contribution in [0.1, 0.15) is 52.0 Å². The van der Waals surface area contributed by atoms with Crippen molar-refractivity contribution in [3.8, 4) is 11.5 Å². The quantitative estimate of drug-likeness (QED) is 0.635. The second kappa shape index (κ2) is 9.76. The van der Waals surface area contributed by atoms with Gasteiger partial charge >= 0.3 is 0 Å². The molecule has 0 saturated carbocycles. The Labute approximate surface area is 190 Å². The fourth-order valence-corrected chi connectivity index (χ4v) is 4.97. The first-order chi connectivity index (χ1) is 15.5. The fourth-order valence-electron chi connectivity index (χ4n) is 4.97. The van der Waals surface area contributed by atoms with Crippen molar-refractivity contribution in [2.75, 3.05) is 26.3 Å². The van der Waals surface area contributed by atoms with E-state index < -0.39 is 0 Å². The number of nitrogens with zero attached hydrogens (tertiary/aromatic N) is 3. The zero-order valence-corrected chi connectivity index (χ0v) is 19.3. The van der Waals surface area contributed by atoms with E-state index in [2.05, 4.69) is 12.2 Å². The maximum atomic E-state index is 13.4. The molecule has 2 aliphatic heterocycles. The molecule has 7 heteroatoms. The van der Waals surface area contributed by atoms with Crippen LogP contribution in [0.15, 0.2) is 35.5 Å². The highest BCUT2D eigenvalue weighted by molar-refractivity contribution is 6.07. The molecule has 1 aromatic carbocycles. The van der Waals surface area contributed by atoms with Crippen molar-refractivity contribution in [1.29, 1.82) is 0 Å². The molecule has 2 amide bonds. The van der Waals surface area contributed by atoms with Gasteiger partial charge in [0, 0.05) is 31.5 Å². The number of ether oxygens (including phenoxy) is 2. The second-order valence-corrected chi connectivity index (χ2v) is 8.59. The SMILES string of the molecule is CCOc1ccc(C2=NN(C3CCN(C(C)=O)CC3)C(=O)C3CC=CCC23)cc1OCC. The van der Waals surface area contributed by atoms with Crippen molar-refractivity contribution >= 4 is 17.5 Å². The lowest BCUT2D eigenvalue weighted by Gasteiger charge is -2.42.